The van der Waals surface area contributed by atoms with Gasteiger partial charge in [0, 0.05) is 38.3 Å². The Hall–Kier alpha value is -2.32. The summed E-state index contributed by atoms with van der Waals surface area (Å²) in [5.41, 5.74) is 2.22. The molecule has 1 aliphatic heterocycles. The number of benzene rings is 2. The Labute approximate surface area is 200 Å². The van der Waals surface area contributed by atoms with E-state index in [1.165, 1.54) is 17.0 Å². The maximum absolute atomic E-state index is 11.1. The van der Waals surface area contributed by atoms with E-state index < -0.39 is 0 Å². The Morgan fingerprint density at radius 2 is 1.78 bits per heavy atom. The first-order valence-electron chi connectivity index (χ1n) is 10.6. The van der Waals surface area contributed by atoms with E-state index in [1.807, 2.05) is 31.2 Å². The summed E-state index contributed by atoms with van der Waals surface area (Å²) in [5.74, 6) is 0.861. The van der Waals surface area contributed by atoms with Crippen molar-refractivity contribution in [1.29, 1.82) is 0 Å². The molecule has 0 spiro atoms. The van der Waals surface area contributed by atoms with Gasteiger partial charge in [-0.15, -0.1) is 5.10 Å². The highest BCUT2D eigenvalue weighted by molar-refractivity contribution is 7.17. The van der Waals surface area contributed by atoms with E-state index in [4.69, 9.17) is 23.2 Å². The SMILES string of the molecule is CCc1nc2sc(C(c3ccc(Cl)c(Cl)c3)N3CCN(c4ccccc4)CC3)c(O)n2n1. The standard InChI is InChI=1S/C23H23Cl2N5OS/c1-2-19-26-23-30(27-19)22(31)21(32-23)20(15-8-9-17(24)18(25)14-15)29-12-10-28(11-13-29)16-6-4-3-5-7-16/h3-9,14,20,31H,2,10-13H2,1H3. The zero-order valence-corrected chi connectivity index (χ0v) is 19.9. The summed E-state index contributed by atoms with van der Waals surface area (Å²) in [6.07, 6.45) is 0.723. The molecule has 9 heteroatoms. The van der Waals surface area contributed by atoms with Crippen LogP contribution in [0.1, 0.15) is 29.2 Å². The van der Waals surface area contributed by atoms with Crippen LogP contribution >= 0.6 is 34.5 Å². The van der Waals surface area contributed by atoms with Crippen LogP contribution < -0.4 is 4.90 Å². The highest BCUT2D eigenvalue weighted by atomic mass is 35.5. The van der Waals surface area contributed by atoms with Crippen LogP contribution in [0.3, 0.4) is 0 Å². The number of halogens is 2. The van der Waals surface area contributed by atoms with Crippen molar-refractivity contribution in [3.63, 3.8) is 0 Å². The fourth-order valence-corrected chi connectivity index (χ4v) is 5.65. The monoisotopic (exact) mass is 487 g/mol. The Balaban J connectivity index is 1.50. The van der Waals surface area contributed by atoms with Crippen molar-refractivity contribution in [2.75, 3.05) is 31.1 Å². The lowest BCUT2D eigenvalue weighted by Crippen LogP contribution is -2.47. The number of hydrogen-bond donors (Lipinski definition) is 1. The van der Waals surface area contributed by atoms with Gasteiger partial charge in [0.05, 0.1) is 21.0 Å². The Bertz CT molecular complexity index is 1230. The predicted octanol–water partition coefficient (Wildman–Crippen LogP) is 5.28. The van der Waals surface area contributed by atoms with E-state index in [-0.39, 0.29) is 11.9 Å². The molecule has 2 aromatic heterocycles. The molecular formula is C23H23Cl2N5OS. The predicted molar refractivity (Wildman–Crippen MR) is 130 cm³/mol. The number of anilines is 1. The van der Waals surface area contributed by atoms with E-state index >= 15 is 0 Å². The summed E-state index contributed by atoms with van der Waals surface area (Å²) in [5, 5.41) is 16.6. The highest BCUT2D eigenvalue weighted by Gasteiger charge is 2.32. The molecule has 1 atom stereocenters. The first-order chi connectivity index (χ1) is 15.5. The molecule has 0 radical (unpaired) electrons. The van der Waals surface area contributed by atoms with Gasteiger partial charge in [-0.25, -0.2) is 4.98 Å². The van der Waals surface area contributed by atoms with Gasteiger partial charge in [0.2, 0.25) is 10.8 Å². The van der Waals surface area contributed by atoms with Crippen molar-refractivity contribution in [1.82, 2.24) is 19.5 Å². The van der Waals surface area contributed by atoms with E-state index in [1.54, 1.807) is 4.52 Å². The molecule has 1 aliphatic rings. The van der Waals surface area contributed by atoms with Gasteiger partial charge >= 0.3 is 0 Å². The molecule has 32 heavy (non-hydrogen) atoms. The molecule has 5 rings (SSSR count). The van der Waals surface area contributed by atoms with Crippen LogP contribution in [-0.4, -0.2) is 50.8 Å². The number of hydrogen-bond acceptors (Lipinski definition) is 6. The molecule has 0 bridgehead atoms. The van der Waals surface area contributed by atoms with Crippen LogP contribution in [0.2, 0.25) is 10.0 Å². The minimum absolute atomic E-state index is 0.138. The lowest BCUT2D eigenvalue weighted by Gasteiger charge is -2.40. The van der Waals surface area contributed by atoms with Crippen molar-refractivity contribution in [3.8, 4) is 5.88 Å². The molecule has 0 amide bonds. The number of aromatic hydroxyl groups is 1. The summed E-state index contributed by atoms with van der Waals surface area (Å²) >= 11 is 14.0. The lowest BCUT2D eigenvalue weighted by atomic mass is 10.0. The molecule has 4 aromatic rings. The number of para-hydroxylation sites is 1. The molecule has 0 aliphatic carbocycles. The Kier molecular flexibility index (Phi) is 5.99. The fourth-order valence-electron chi connectivity index (χ4n) is 4.21. The number of piperazine rings is 1. The molecular weight excluding hydrogens is 465 g/mol. The zero-order valence-electron chi connectivity index (χ0n) is 17.6. The van der Waals surface area contributed by atoms with Gasteiger partial charge in [-0.1, -0.05) is 65.7 Å². The molecule has 0 saturated carbocycles. The number of fused-ring (bicyclic) bond motifs is 1. The third-order valence-corrected chi connectivity index (χ3v) is 7.68. The van der Waals surface area contributed by atoms with Gasteiger partial charge < -0.3 is 10.0 Å². The van der Waals surface area contributed by atoms with E-state index in [0.717, 1.165) is 48.9 Å². The molecule has 1 saturated heterocycles. The van der Waals surface area contributed by atoms with Crippen LogP contribution in [0.5, 0.6) is 5.88 Å². The second-order valence-electron chi connectivity index (χ2n) is 7.80. The van der Waals surface area contributed by atoms with Crippen LogP contribution in [0, 0.1) is 0 Å². The third kappa shape index (κ3) is 3.94. The smallest absolute Gasteiger partial charge is 0.230 e. The summed E-state index contributed by atoms with van der Waals surface area (Å²) < 4.78 is 1.55. The molecule has 1 N–H and O–H groups in total. The minimum atomic E-state index is -0.165. The largest absolute Gasteiger partial charge is 0.492 e. The van der Waals surface area contributed by atoms with Crippen molar-refractivity contribution < 1.29 is 5.11 Å². The van der Waals surface area contributed by atoms with E-state index in [0.29, 0.717) is 15.0 Å². The summed E-state index contributed by atoms with van der Waals surface area (Å²) in [7, 11) is 0. The van der Waals surface area contributed by atoms with Crippen LogP contribution in [0.25, 0.3) is 4.96 Å². The topological polar surface area (TPSA) is 56.9 Å². The molecule has 166 valence electrons. The maximum Gasteiger partial charge on any atom is 0.230 e. The average molecular weight is 488 g/mol. The zero-order chi connectivity index (χ0) is 22.2. The molecule has 1 unspecified atom stereocenters. The summed E-state index contributed by atoms with van der Waals surface area (Å²) in [4.78, 5) is 10.8. The van der Waals surface area contributed by atoms with Gasteiger partial charge in [-0.05, 0) is 29.8 Å². The van der Waals surface area contributed by atoms with Crippen molar-refractivity contribution >= 4 is 45.2 Å². The summed E-state index contributed by atoms with van der Waals surface area (Å²) in [6, 6.07) is 16.0. The second kappa shape index (κ2) is 8.90. The van der Waals surface area contributed by atoms with E-state index in [2.05, 4.69) is 44.1 Å². The van der Waals surface area contributed by atoms with Gasteiger partial charge in [0.15, 0.2) is 5.82 Å². The van der Waals surface area contributed by atoms with Crippen LogP contribution in [-0.2, 0) is 6.42 Å². The lowest BCUT2D eigenvalue weighted by molar-refractivity contribution is 0.211. The number of thiazole rings is 1. The van der Waals surface area contributed by atoms with Gasteiger partial charge in [-0.3, -0.25) is 4.90 Å². The maximum atomic E-state index is 11.1. The van der Waals surface area contributed by atoms with Crippen molar-refractivity contribution in [2.24, 2.45) is 0 Å². The van der Waals surface area contributed by atoms with Crippen LogP contribution in [0.4, 0.5) is 5.69 Å². The average Bonchev–Trinajstić information content (AvgIpc) is 3.36. The molecule has 6 nitrogen and oxygen atoms in total. The summed E-state index contributed by atoms with van der Waals surface area (Å²) in [6.45, 7) is 5.47. The molecule has 2 aromatic carbocycles. The number of rotatable bonds is 5. The quantitative estimate of drug-likeness (QED) is 0.415. The van der Waals surface area contributed by atoms with Crippen LogP contribution in [0.15, 0.2) is 48.5 Å². The third-order valence-electron chi connectivity index (χ3n) is 5.87. The van der Waals surface area contributed by atoms with Gasteiger partial charge in [-0.2, -0.15) is 4.52 Å². The first-order valence-corrected chi connectivity index (χ1v) is 12.2. The van der Waals surface area contributed by atoms with E-state index in [9.17, 15) is 5.11 Å². The highest BCUT2D eigenvalue weighted by Crippen LogP contribution is 2.41. The number of nitrogens with zero attached hydrogens (tertiary/aromatic N) is 5. The van der Waals surface area contributed by atoms with Gasteiger partial charge in [0.25, 0.3) is 0 Å². The fraction of sp³-hybridized carbons (Fsp3) is 0.304. The first kappa shape index (κ1) is 21.5. The van der Waals surface area contributed by atoms with Crippen molar-refractivity contribution in [3.05, 3.63) is 74.8 Å². The Morgan fingerprint density at radius 1 is 1.03 bits per heavy atom. The van der Waals surface area contributed by atoms with Gasteiger partial charge in [0.1, 0.15) is 0 Å². The number of aryl methyl sites for hydroxylation is 1. The molecule has 3 heterocycles. The van der Waals surface area contributed by atoms with Crippen molar-refractivity contribution in [2.45, 2.75) is 19.4 Å². The minimum Gasteiger partial charge on any atom is -0.492 e. The molecule has 1 fully saturated rings. The number of aromatic nitrogens is 3. The second-order valence-corrected chi connectivity index (χ2v) is 9.62. The normalized spacial score (nSPS) is 16.0. The Morgan fingerprint density at radius 3 is 2.44 bits per heavy atom.